The number of primary amides is 2. The summed E-state index contributed by atoms with van der Waals surface area (Å²) in [6, 6.07) is 17.4. The Balaban J connectivity index is 0.000000174. The maximum absolute atomic E-state index is 14.7. The molecule has 4 amide bonds. The quantitative estimate of drug-likeness (QED) is 0.118. The van der Waals surface area contributed by atoms with Gasteiger partial charge in [0.1, 0.15) is 17.2 Å². The zero-order valence-corrected chi connectivity index (χ0v) is 31.8. The first-order chi connectivity index (χ1) is 27.4. The number of nitrogens with two attached hydrogens (primary N) is 2. The van der Waals surface area contributed by atoms with Gasteiger partial charge in [-0.25, -0.2) is 43.8 Å². The van der Waals surface area contributed by atoms with E-state index in [4.69, 9.17) is 11.5 Å². The molecule has 290 valence electrons. The van der Waals surface area contributed by atoms with Crippen molar-refractivity contribution in [2.75, 3.05) is 0 Å². The van der Waals surface area contributed by atoms with Gasteiger partial charge >= 0.3 is 12.1 Å². The third kappa shape index (κ3) is 7.86. The Bertz CT molecular complexity index is 2860. The van der Waals surface area contributed by atoms with Crippen molar-refractivity contribution in [3.8, 4) is 0 Å². The van der Waals surface area contributed by atoms with Crippen LogP contribution in [0.2, 0.25) is 0 Å². The number of nitrogens with one attached hydrogen (secondary N) is 2. The van der Waals surface area contributed by atoms with E-state index < -0.39 is 12.1 Å². The first-order valence-electron chi connectivity index (χ1n) is 18.0. The molecular formula is C39H40FN15O2. The standard InChI is InChI=1S/C20H20FN7O.C19H20N8O/c1-3-16(24-25-20(22)29)17-4-5-19-23-11-14(28(19)26-17)9-13-8-12-6-7-27(2)18(12)10-15(13)21;1-11(13-4-6-16-14(8-13)9-22-26(16)3)17-10-21-18-7-5-15(25-27(17)18)12(2)23-24-19(20)28/h4-8,10-11H,3,9H2,1-2H3,(H3,22,25,29);4-11H,1-3H3,(H3,20,24,28)/b24-16+;23-12+. The predicted molar refractivity (Wildman–Crippen MR) is 214 cm³/mol. The molecule has 1 atom stereocenters. The van der Waals surface area contributed by atoms with Crippen molar-refractivity contribution >= 4 is 56.6 Å². The summed E-state index contributed by atoms with van der Waals surface area (Å²) in [7, 11) is 3.82. The highest BCUT2D eigenvalue weighted by atomic mass is 19.1. The van der Waals surface area contributed by atoms with Crippen LogP contribution in [0.25, 0.3) is 33.1 Å². The van der Waals surface area contributed by atoms with Crippen molar-refractivity contribution in [1.82, 2.24) is 54.4 Å². The van der Waals surface area contributed by atoms with Crippen LogP contribution in [0.3, 0.4) is 0 Å². The van der Waals surface area contributed by atoms with Crippen LogP contribution in [-0.2, 0) is 20.5 Å². The second kappa shape index (κ2) is 15.7. The van der Waals surface area contributed by atoms with E-state index in [1.165, 1.54) is 0 Å². The van der Waals surface area contributed by atoms with E-state index in [1.807, 2.05) is 67.1 Å². The Hall–Kier alpha value is -7.50. The molecule has 0 radical (unpaired) electrons. The number of carbonyl (C=O) groups excluding carboxylic acids is 2. The van der Waals surface area contributed by atoms with Crippen molar-refractivity contribution in [2.45, 2.75) is 39.5 Å². The molecule has 18 heteroatoms. The van der Waals surface area contributed by atoms with Crippen LogP contribution in [-0.4, -0.2) is 67.0 Å². The van der Waals surface area contributed by atoms with Gasteiger partial charge in [0.05, 0.1) is 52.4 Å². The Kier molecular flexibility index (Phi) is 10.4. The molecule has 0 fully saturated rings. The highest BCUT2D eigenvalue weighted by Gasteiger charge is 2.17. The average Bonchev–Trinajstić information content (AvgIpc) is 3.99. The van der Waals surface area contributed by atoms with Gasteiger partial charge in [0.15, 0.2) is 11.3 Å². The molecule has 8 rings (SSSR count). The number of rotatable bonds is 9. The Morgan fingerprint density at radius 2 is 1.53 bits per heavy atom. The summed E-state index contributed by atoms with van der Waals surface area (Å²) in [6.45, 7) is 5.76. The number of aromatic nitrogens is 9. The number of imidazole rings is 2. The molecule has 0 saturated carbocycles. The number of benzene rings is 2. The SMILES string of the molecule is C/C(=N\NC(N)=O)c1ccc2ncc(C(C)c3ccc4c(cnn4C)c3)n2n1.CC/C(=N\NC(N)=O)c1ccc2ncc(Cc3cc4ccn(C)c4cc3F)n2n1. The fourth-order valence-electron chi connectivity index (χ4n) is 6.50. The highest BCUT2D eigenvalue weighted by Crippen LogP contribution is 2.28. The van der Waals surface area contributed by atoms with Gasteiger partial charge in [-0.3, -0.25) is 4.68 Å². The Morgan fingerprint density at radius 3 is 2.28 bits per heavy atom. The molecule has 0 aliphatic rings. The van der Waals surface area contributed by atoms with E-state index in [-0.39, 0.29) is 11.7 Å². The van der Waals surface area contributed by atoms with Crippen LogP contribution in [0.1, 0.15) is 67.0 Å². The van der Waals surface area contributed by atoms with E-state index >= 15 is 0 Å². The number of hydrogen-bond donors (Lipinski definition) is 4. The fraction of sp³-hybridized carbons (Fsp3) is 0.205. The van der Waals surface area contributed by atoms with Crippen LogP contribution in [0.15, 0.2) is 95.7 Å². The second-order valence-corrected chi connectivity index (χ2v) is 13.4. The van der Waals surface area contributed by atoms with Crippen LogP contribution in [0.4, 0.5) is 14.0 Å². The number of fused-ring (bicyclic) bond motifs is 4. The Labute approximate surface area is 324 Å². The number of amides is 4. The molecule has 6 N–H and O–H groups in total. The van der Waals surface area contributed by atoms with Crippen molar-refractivity contribution < 1.29 is 14.0 Å². The van der Waals surface area contributed by atoms with E-state index in [0.29, 0.717) is 46.9 Å². The van der Waals surface area contributed by atoms with Crippen LogP contribution >= 0.6 is 0 Å². The number of carbonyl (C=O) groups is 2. The first-order valence-corrected chi connectivity index (χ1v) is 18.0. The molecule has 0 spiro atoms. The first kappa shape index (κ1) is 37.8. The molecule has 0 aliphatic heterocycles. The van der Waals surface area contributed by atoms with E-state index in [0.717, 1.165) is 44.4 Å². The van der Waals surface area contributed by atoms with Gasteiger partial charge < -0.3 is 16.0 Å². The lowest BCUT2D eigenvalue weighted by Gasteiger charge is -2.12. The van der Waals surface area contributed by atoms with Gasteiger partial charge in [0.2, 0.25) is 0 Å². The van der Waals surface area contributed by atoms with Gasteiger partial charge in [-0.1, -0.05) is 19.9 Å². The number of aryl methyl sites for hydroxylation is 2. The fourth-order valence-corrected chi connectivity index (χ4v) is 6.50. The lowest BCUT2D eigenvalue weighted by Crippen LogP contribution is -2.26. The summed E-state index contributed by atoms with van der Waals surface area (Å²) in [5, 5.41) is 23.5. The molecule has 17 nitrogen and oxygen atoms in total. The molecule has 0 bridgehead atoms. The highest BCUT2D eigenvalue weighted by molar-refractivity contribution is 5.99. The lowest BCUT2D eigenvalue weighted by atomic mass is 9.97. The van der Waals surface area contributed by atoms with Crippen LogP contribution < -0.4 is 22.3 Å². The van der Waals surface area contributed by atoms with Gasteiger partial charge in [0, 0.05) is 43.4 Å². The van der Waals surface area contributed by atoms with E-state index in [2.05, 4.69) is 71.4 Å². The van der Waals surface area contributed by atoms with Crippen molar-refractivity contribution in [3.05, 3.63) is 125 Å². The Morgan fingerprint density at radius 1 is 0.825 bits per heavy atom. The van der Waals surface area contributed by atoms with E-state index in [9.17, 15) is 14.0 Å². The molecule has 6 heterocycles. The minimum atomic E-state index is -0.743. The number of urea groups is 2. The lowest BCUT2D eigenvalue weighted by molar-refractivity contribution is 0.248. The topological polar surface area (TPSA) is 218 Å². The molecule has 0 aliphatic carbocycles. The average molecular weight is 770 g/mol. The van der Waals surface area contributed by atoms with E-state index in [1.54, 1.807) is 46.4 Å². The summed E-state index contributed by atoms with van der Waals surface area (Å²) < 4.78 is 21.9. The van der Waals surface area contributed by atoms with Crippen molar-refractivity contribution in [3.63, 3.8) is 0 Å². The smallest absolute Gasteiger partial charge is 0.332 e. The summed E-state index contributed by atoms with van der Waals surface area (Å²) >= 11 is 0. The van der Waals surface area contributed by atoms with Gasteiger partial charge in [0.25, 0.3) is 0 Å². The van der Waals surface area contributed by atoms with Crippen molar-refractivity contribution in [2.24, 2.45) is 35.8 Å². The molecule has 6 aromatic heterocycles. The maximum atomic E-state index is 14.7. The van der Waals surface area contributed by atoms with Crippen molar-refractivity contribution in [1.29, 1.82) is 0 Å². The van der Waals surface area contributed by atoms with Gasteiger partial charge in [-0.2, -0.15) is 25.5 Å². The molecule has 2 aromatic carbocycles. The number of hydrogen-bond acceptors (Lipinski definition) is 9. The minimum Gasteiger partial charge on any atom is -0.350 e. The summed E-state index contributed by atoms with van der Waals surface area (Å²) in [5.41, 5.74) is 23.6. The molecule has 8 aromatic rings. The third-order valence-electron chi connectivity index (χ3n) is 9.60. The van der Waals surface area contributed by atoms with Crippen LogP contribution in [0, 0.1) is 5.82 Å². The van der Waals surface area contributed by atoms with Crippen LogP contribution in [0.5, 0.6) is 0 Å². The summed E-state index contributed by atoms with van der Waals surface area (Å²) in [4.78, 5) is 30.6. The normalized spacial score (nSPS) is 12.6. The third-order valence-corrected chi connectivity index (χ3v) is 9.60. The number of halogens is 1. The maximum Gasteiger partial charge on any atom is 0.332 e. The molecule has 0 saturated heterocycles. The predicted octanol–water partition coefficient (Wildman–Crippen LogP) is 4.89. The molecular weight excluding hydrogens is 730 g/mol. The van der Waals surface area contributed by atoms with Gasteiger partial charge in [-0.15, -0.1) is 0 Å². The zero-order chi connectivity index (χ0) is 40.4. The largest absolute Gasteiger partial charge is 0.350 e. The molecule has 57 heavy (non-hydrogen) atoms. The zero-order valence-electron chi connectivity index (χ0n) is 31.8. The minimum absolute atomic E-state index is 0.0725. The number of nitrogens with zero attached hydrogens (tertiary/aromatic N) is 11. The monoisotopic (exact) mass is 769 g/mol. The number of hydrazone groups is 2. The summed E-state index contributed by atoms with van der Waals surface area (Å²) in [5.74, 6) is -0.199. The van der Waals surface area contributed by atoms with Gasteiger partial charge in [-0.05, 0) is 79.1 Å². The second-order valence-electron chi connectivity index (χ2n) is 13.4. The summed E-state index contributed by atoms with van der Waals surface area (Å²) in [6.07, 6.45) is 8.17. The molecule has 1 unspecified atom stereocenters.